The number of carboxylic acid groups (broad SMARTS) is 3. The summed E-state index contributed by atoms with van der Waals surface area (Å²) in [5.74, 6) is -9.83. The van der Waals surface area contributed by atoms with E-state index in [2.05, 4.69) is 15.0 Å². The molecular weight excluding hydrogens is 847 g/mol. The number of thioether (sulfide) groups is 3. The number of fused-ring (bicyclic) bond motifs is 2. The van der Waals surface area contributed by atoms with Crippen molar-refractivity contribution < 1.29 is 49.8 Å². The van der Waals surface area contributed by atoms with Crippen molar-refractivity contribution in [2.45, 2.75) is 76.5 Å². The fourth-order valence-corrected chi connectivity index (χ4v) is 11.2. The molecular formula is C36H51N9O12S3. The molecule has 0 saturated heterocycles. The quantitative estimate of drug-likeness (QED) is 0.0326. The Morgan fingerprint density at radius 2 is 0.983 bits per heavy atom. The van der Waals surface area contributed by atoms with Crippen molar-refractivity contribution in [3.05, 3.63) is 42.0 Å². The lowest BCUT2D eigenvalue weighted by Gasteiger charge is -2.37. The SMILES string of the molecule is CC(O)C(C(=O)O)C1CC(SCCN=CN)=C(C(=O)O)N1C(=O)C(C(C)O)C1CC(SCCN=CN)=c2c(=O)n3c(c(=O)n21)=C(SCCN=CN)CC3C(C(=O)O)C(C)O. The highest BCUT2D eigenvalue weighted by Crippen LogP contribution is 2.44. The Labute approximate surface area is 355 Å². The lowest BCUT2D eigenvalue weighted by Crippen LogP contribution is -2.60. The first-order valence-electron chi connectivity index (χ1n) is 18.9. The van der Waals surface area contributed by atoms with Gasteiger partial charge in [0.15, 0.2) is 0 Å². The third-order valence-corrected chi connectivity index (χ3v) is 13.7. The molecule has 1 aromatic heterocycles. The molecule has 24 heteroatoms. The second-order valence-corrected chi connectivity index (χ2v) is 17.7. The van der Waals surface area contributed by atoms with Gasteiger partial charge in [0, 0.05) is 51.2 Å². The van der Waals surface area contributed by atoms with Crippen LogP contribution in [0.2, 0.25) is 0 Å². The van der Waals surface area contributed by atoms with Crippen LogP contribution in [-0.2, 0) is 19.2 Å². The van der Waals surface area contributed by atoms with Gasteiger partial charge in [0.25, 0.3) is 11.1 Å². The first-order valence-corrected chi connectivity index (χ1v) is 21.8. The zero-order chi connectivity index (χ0) is 44.6. The van der Waals surface area contributed by atoms with Crippen molar-refractivity contribution in [3.63, 3.8) is 0 Å². The molecule has 1 amide bonds. The van der Waals surface area contributed by atoms with Gasteiger partial charge in [0.2, 0.25) is 5.91 Å². The molecule has 330 valence electrons. The number of aliphatic hydroxyl groups excluding tert-OH is 3. The number of nitrogens with two attached hydrogens (primary N) is 3. The maximum atomic E-state index is 15.1. The van der Waals surface area contributed by atoms with E-state index in [0.29, 0.717) is 4.91 Å². The number of aliphatic imine (C=N–C) groups is 3. The maximum Gasteiger partial charge on any atom is 0.353 e. The van der Waals surface area contributed by atoms with Crippen LogP contribution in [0, 0.1) is 17.8 Å². The van der Waals surface area contributed by atoms with E-state index >= 15 is 9.59 Å². The van der Waals surface area contributed by atoms with Crippen LogP contribution in [0.4, 0.5) is 0 Å². The first kappa shape index (κ1) is 48.1. The highest BCUT2D eigenvalue weighted by molar-refractivity contribution is 8.08. The van der Waals surface area contributed by atoms with Crippen LogP contribution in [0.3, 0.4) is 0 Å². The maximum absolute atomic E-state index is 15.1. The summed E-state index contributed by atoms with van der Waals surface area (Å²) in [7, 11) is 0. The summed E-state index contributed by atoms with van der Waals surface area (Å²) in [6.07, 6.45) is -2.07. The monoisotopic (exact) mass is 897 g/mol. The number of hydrogen-bond donors (Lipinski definition) is 9. The highest BCUT2D eigenvalue weighted by atomic mass is 32.2. The lowest BCUT2D eigenvalue weighted by atomic mass is 9.88. The summed E-state index contributed by atoms with van der Waals surface area (Å²) in [5, 5.41) is 63.6. The summed E-state index contributed by atoms with van der Waals surface area (Å²) < 4.78 is 2.16. The fraction of sp³-hybridized carbons (Fsp3) is 0.583. The van der Waals surface area contributed by atoms with Crippen molar-refractivity contribution in [2.75, 3.05) is 36.9 Å². The number of carboxylic acids is 3. The molecule has 3 aliphatic heterocycles. The van der Waals surface area contributed by atoms with E-state index in [1.807, 2.05) is 0 Å². The van der Waals surface area contributed by atoms with Crippen molar-refractivity contribution in [1.29, 1.82) is 0 Å². The van der Waals surface area contributed by atoms with E-state index in [1.54, 1.807) is 0 Å². The van der Waals surface area contributed by atoms with Crippen LogP contribution in [0.5, 0.6) is 0 Å². The van der Waals surface area contributed by atoms with Crippen LogP contribution < -0.4 is 39.0 Å². The van der Waals surface area contributed by atoms with Crippen molar-refractivity contribution in [3.8, 4) is 0 Å². The second kappa shape index (κ2) is 21.3. The summed E-state index contributed by atoms with van der Waals surface area (Å²) in [4.78, 5) is 96.7. The van der Waals surface area contributed by atoms with Gasteiger partial charge in [0.05, 0.1) is 81.0 Å². The predicted molar refractivity (Wildman–Crippen MR) is 229 cm³/mol. The topological polar surface area (TPSA) is 352 Å². The Kier molecular flexibility index (Phi) is 17.0. The molecule has 0 saturated carbocycles. The fourth-order valence-electron chi connectivity index (χ4n) is 8.08. The normalized spacial score (nSPS) is 22.1. The minimum absolute atomic E-state index is 0.111. The number of aromatic nitrogens is 2. The minimum Gasteiger partial charge on any atom is -0.481 e. The molecule has 4 heterocycles. The van der Waals surface area contributed by atoms with E-state index in [9.17, 15) is 49.8 Å². The molecule has 21 nitrogen and oxygen atoms in total. The Bertz CT molecular complexity index is 2190. The van der Waals surface area contributed by atoms with E-state index in [1.165, 1.54) is 20.8 Å². The van der Waals surface area contributed by atoms with E-state index in [-0.39, 0.29) is 76.7 Å². The Hall–Kier alpha value is -4.62. The number of hydrogen-bond acceptors (Lipinski definition) is 15. The van der Waals surface area contributed by atoms with Gasteiger partial charge in [-0.05, 0) is 20.8 Å². The molecule has 0 spiro atoms. The highest BCUT2D eigenvalue weighted by Gasteiger charge is 2.52. The average molecular weight is 898 g/mol. The van der Waals surface area contributed by atoms with Gasteiger partial charge >= 0.3 is 17.9 Å². The second-order valence-electron chi connectivity index (χ2n) is 14.2. The largest absolute Gasteiger partial charge is 0.481 e. The van der Waals surface area contributed by atoms with Gasteiger partial charge in [-0.1, -0.05) is 0 Å². The number of carbonyl (C=O) groups excluding carboxylic acids is 1. The predicted octanol–water partition coefficient (Wildman–Crippen LogP) is -2.67. The van der Waals surface area contributed by atoms with E-state index in [4.69, 9.17) is 17.2 Å². The zero-order valence-electron chi connectivity index (χ0n) is 33.1. The Morgan fingerprint density at radius 3 is 1.33 bits per heavy atom. The average Bonchev–Trinajstić information content (AvgIpc) is 3.84. The molecule has 4 rings (SSSR count). The van der Waals surface area contributed by atoms with Crippen molar-refractivity contribution in [2.24, 2.45) is 49.9 Å². The summed E-state index contributed by atoms with van der Waals surface area (Å²) in [6.45, 7) is 4.23. The summed E-state index contributed by atoms with van der Waals surface area (Å²) in [6, 6.07) is -4.03. The molecule has 0 bridgehead atoms. The van der Waals surface area contributed by atoms with Gasteiger partial charge in [-0.2, -0.15) is 0 Å². The molecule has 1 aromatic rings. The van der Waals surface area contributed by atoms with Gasteiger partial charge in [0.1, 0.15) is 28.2 Å². The van der Waals surface area contributed by atoms with Gasteiger partial charge < -0.3 is 52.7 Å². The number of aliphatic carboxylic acids is 3. The number of aliphatic hydroxyl groups is 3. The molecule has 0 fully saturated rings. The minimum atomic E-state index is -1.70. The van der Waals surface area contributed by atoms with E-state index in [0.717, 1.165) is 68.3 Å². The Morgan fingerprint density at radius 1 is 0.633 bits per heavy atom. The van der Waals surface area contributed by atoms with Crippen LogP contribution >= 0.6 is 35.3 Å². The molecule has 0 aromatic carbocycles. The lowest BCUT2D eigenvalue weighted by molar-refractivity contribution is -0.154. The molecule has 0 aliphatic carbocycles. The zero-order valence-corrected chi connectivity index (χ0v) is 35.5. The molecule has 9 atom stereocenters. The number of carbonyl (C=O) groups is 4. The molecule has 12 N–H and O–H groups in total. The molecule has 3 aliphatic rings. The number of nitrogens with zero attached hydrogens (tertiary/aromatic N) is 6. The summed E-state index contributed by atoms with van der Waals surface area (Å²) >= 11 is 3.25. The first-order chi connectivity index (χ1) is 28.5. The van der Waals surface area contributed by atoms with Crippen LogP contribution in [-0.4, -0.2) is 149 Å². The molecule has 0 radical (unpaired) electrons. The van der Waals surface area contributed by atoms with Crippen LogP contribution in [0.1, 0.15) is 52.1 Å². The van der Waals surface area contributed by atoms with Crippen LogP contribution in [0.15, 0.2) is 35.2 Å². The molecule has 9 unspecified atom stereocenters. The Balaban J connectivity index is 2.04. The third kappa shape index (κ3) is 9.94. The van der Waals surface area contributed by atoms with Crippen molar-refractivity contribution >= 4 is 87.9 Å². The standard InChI is InChI=1S/C36H51N9O12S3/c1-16(46)25(31(49)45-21(27(18(3)48)35(54)55)12-24(30(45)36(56)57)60-9-6-42-15-39)19-10-22(58-7-4-40-13-37)28-33(51)44-20(26(17(2)47)34(52)53)11-23(59-8-5-41-14-38)29(44)32(50)43(19)28/h13-21,25-27,46-48H,4-12H2,1-3H3,(H2,37,40)(H2,38,41)(H2,39,42)(H,52,53)(H,54,55)(H,56,57). The smallest absolute Gasteiger partial charge is 0.353 e. The van der Waals surface area contributed by atoms with Gasteiger partial charge in [-0.3, -0.25) is 48.1 Å². The number of amides is 1. The van der Waals surface area contributed by atoms with Crippen LogP contribution in [0.25, 0.3) is 9.81 Å². The van der Waals surface area contributed by atoms with Gasteiger partial charge in [-0.15, -0.1) is 35.3 Å². The van der Waals surface area contributed by atoms with Gasteiger partial charge in [-0.25, -0.2) is 4.79 Å². The van der Waals surface area contributed by atoms with E-state index < -0.39 is 94.8 Å². The number of rotatable bonds is 22. The third-order valence-electron chi connectivity index (χ3n) is 10.4. The van der Waals surface area contributed by atoms with Crippen molar-refractivity contribution in [1.82, 2.24) is 14.0 Å². The molecule has 60 heavy (non-hydrogen) atoms. The summed E-state index contributed by atoms with van der Waals surface area (Å²) in [5.41, 5.74) is 14.0.